The van der Waals surface area contributed by atoms with Crippen molar-refractivity contribution in [3.63, 3.8) is 0 Å². The highest BCUT2D eigenvalue weighted by Crippen LogP contribution is 2.31. The van der Waals surface area contributed by atoms with Gasteiger partial charge in [-0.3, -0.25) is 0 Å². The molecular formula is C27H32N6O5. The second-order valence-electron chi connectivity index (χ2n) is 8.57. The lowest BCUT2D eigenvalue weighted by Crippen LogP contribution is -2.42. The van der Waals surface area contributed by atoms with Gasteiger partial charge in [0.1, 0.15) is 46.7 Å². The van der Waals surface area contributed by atoms with Crippen LogP contribution in [-0.4, -0.2) is 53.6 Å². The summed E-state index contributed by atoms with van der Waals surface area (Å²) in [7, 11) is 10.0. The smallest absolute Gasteiger partial charge is 0.316 e. The molecule has 200 valence electrons. The molecule has 2 atom stereocenters. The minimum Gasteiger partial charge on any atom is -0.497 e. The van der Waals surface area contributed by atoms with Gasteiger partial charge in [0, 0.05) is 51.0 Å². The molecular weight excluding hydrogens is 488 g/mol. The zero-order valence-corrected chi connectivity index (χ0v) is 22.3. The van der Waals surface area contributed by atoms with Gasteiger partial charge in [-0.1, -0.05) is 0 Å². The van der Waals surface area contributed by atoms with Crippen LogP contribution in [0.2, 0.25) is 0 Å². The van der Waals surface area contributed by atoms with E-state index in [9.17, 15) is 4.79 Å². The zero-order chi connectivity index (χ0) is 27.2. The van der Waals surface area contributed by atoms with Gasteiger partial charge >= 0.3 is 6.03 Å². The maximum atomic E-state index is 13.6. The number of hydrogen-bond acceptors (Lipinski definition) is 7. The van der Waals surface area contributed by atoms with E-state index in [-0.39, 0.29) is 0 Å². The molecule has 4 rings (SSSR count). The van der Waals surface area contributed by atoms with Gasteiger partial charge in [-0.15, -0.1) is 0 Å². The molecule has 0 spiro atoms. The fraction of sp³-hybridized carbons (Fsp3) is 0.296. The number of rotatable bonds is 10. The van der Waals surface area contributed by atoms with Gasteiger partial charge in [0.2, 0.25) is 0 Å². The van der Waals surface area contributed by atoms with Crippen LogP contribution in [-0.2, 0) is 14.1 Å². The second kappa shape index (κ2) is 11.6. The number of aryl methyl sites for hydroxylation is 2. The number of hydrogen-bond donors (Lipinski definition) is 2. The highest BCUT2D eigenvalue weighted by molar-refractivity contribution is 5.76. The molecule has 4 aromatic rings. The van der Waals surface area contributed by atoms with E-state index in [2.05, 4.69) is 20.6 Å². The summed E-state index contributed by atoms with van der Waals surface area (Å²) in [5, 5.41) is 6.15. The van der Waals surface area contributed by atoms with E-state index >= 15 is 0 Å². The summed E-state index contributed by atoms with van der Waals surface area (Å²) in [6, 6.07) is 9.24. The number of aromatic nitrogens is 4. The molecule has 0 saturated heterocycles. The van der Waals surface area contributed by atoms with Crippen molar-refractivity contribution in [1.29, 1.82) is 0 Å². The Hall–Kier alpha value is -4.67. The Morgan fingerprint density at radius 3 is 1.26 bits per heavy atom. The highest BCUT2D eigenvalue weighted by Gasteiger charge is 2.27. The normalized spacial score (nSPS) is 12.4. The van der Waals surface area contributed by atoms with Crippen molar-refractivity contribution in [3.8, 4) is 23.0 Å². The minimum atomic E-state index is -0.610. The standard InChI is InChI=1S/C27H32N6O5/c1-32-9-7-28-25(32)23(17-11-19(35-3)15-20(12-17)36-4)30-27(34)31-24(26-29-8-10-33(26)2)18-13-21(37-5)16-22(14-18)38-6/h7-16,23-24H,1-6H3,(H2,30,31,34)/t23-,24+. The number of carbonyl (C=O) groups is 1. The van der Waals surface area contributed by atoms with E-state index in [0.29, 0.717) is 34.6 Å². The van der Waals surface area contributed by atoms with Crippen molar-refractivity contribution in [3.05, 3.63) is 84.0 Å². The number of ether oxygens (including phenoxy) is 4. The molecule has 0 bridgehead atoms. The summed E-state index contributed by atoms with van der Waals surface area (Å²) in [5.41, 5.74) is 1.48. The van der Waals surface area contributed by atoms with Crippen molar-refractivity contribution in [2.45, 2.75) is 12.1 Å². The maximum Gasteiger partial charge on any atom is 0.316 e. The van der Waals surface area contributed by atoms with Crippen molar-refractivity contribution >= 4 is 6.03 Å². The van der Waals surface area contributed by atoms with Crippen molar-refractivity contribution in [2.75, 3.05) is 28.4 Å². The number of amides is 2. The summed E-state index contributed by atoms with van der Waals surface area (Å²) < 4.78 is 25.5. The summed E-state index contributed by atoms with van der Waals surface area (Å²) in [4.78, 5) is 22.6. The number of nitrogens with one attached hydrogen (secondary N) is 2. The Kier molecular flexibility index (Phi) is 8.05. The van der Waals surface area contributed by atoms with Gasteiger partial charge in [0.05, 0.1) is 28.4 Å². The molecule has 11 nitrogen and oxygen atoms in total. The van der Waals surface area contributed by atoms with Gasteiger partial charge in [0.25, 0.3) is 0 Å². The van der Waals surface area contributed by atoms with Gasteiger partial charge < -0.3 is 38.7 Å². The van der Waals surface area contributed by atoms with Crippen LogP contribution in [0.1, 0.15) is 34.9 Å². The third-order valence-electron chi connectivity index (χ3n) is 6.20. The predicted octanol–water partition coefficient (Wildman–Crippen LogP) is 3.37. The molecule has 0 aliphatic carbocycles. The Labute approximate surface area is 221 Å². The number of nitrogens with zero attached hydrogens (tertiary/aromatic N) is 4. The third kappa shape index (κ3) is 5.66. The monoisotopic (exact) mass is 520 g/mol. The first kappa shape index (κ1) is 26.4. The fourth-order valence-electron chi connectivity index (χ4n) is 4.20. The number of methoxy groups -OCH3 is 4. The number of benzene rings is 2. The third-order valence-corrected chi connectivity index (χ3v) is 6.20. The first-order valence-electron chi connectivity index (χ1n) is 11.8. The van der Waals surface area contributed by atoms with Crippen molar-refractivity contribution in [1.82, 2.24) is 29.7 Å². The van der Waals surface area contributed by atoms with Crippen LogP contribution >= 0.6 is 0 Å². The first-order valence-corrected chi connectivity index (χ1v) is 11.8. The number of imidazole rings is 2. The maximum absolute atomic E-state index is 13.6. The molecule has 0 aliphatic rings. The van der Waals surface area contributed by atoms with E-state index in [0.717, 1.165) is 11.1 Å². The second-order valence-corrected chi connectivity index (χ2v) is 8.57. The van der Waals surface area contributed by atoms with E-state index in [1.54, 1.807) is 53.0 Å². The van der Waals surface area contributed by atoms with Crippen LogP contribution in [0.3, 0.4) is 0 Å². The van der Waals surface area contributed by atoms with Crippen LogP contribution in [0.4, 0.5) is 4.79 Å². The molecule has 2 aromatic heterocycles. The lowest BCUT2D eigenvalue weighted by Gasteiger charge is -2.24. The Morgan fingerprint density at radius 1 is 0.658 bits per heavy atom. The van der Waals surface area contributed by atoms with E-state index < -0.39 is 18.1 Å². The summed E-state index contributed by atoms with van der Waals surface area (Å²) >= 11 is 0. The van der Waals surface area contributed by atoms with Crippen LogP contribution in [0.25, 0.3) is 0 Å². The van der Waals surface area contributed by atoms with Crippen LogP contribution in [0.5, 0.6) is 23.0 Å². The fourth-order valence-corrected chi connectivity index (χ4v) is 4.20. The molecule has 2 N–H and O–H groups in total. The molecule has 38 heavy (non-hydrogen) atoms. The topological polar surface area (TPSA) is 114 Å². The van der Waals surface area contributed by atoms with Gasteiger partial charge in [-0.05, 0) is 35.4 Å². The zero-order valence-electron chi connectivity index (χ0n) is 22.3. The molecule has 0 unspecified atom stereocenters. The van der Waals surface area contributed by atoms with Crippen LogP contribution in [0.15, 0.2) is 61.2 Å². The quantitative estimate of drug-likeness (QED) is 0.330. The molecule has 2 aromatic carbocycles. The average molecular weight is 521 g/mol. The van der Waals surface area contributed by atoms with Gasteiger partial charge in [0.15, 0.2) is 0 Å². The van der Waals surface area contributed by atoms with E-state index in [1.165, 1.54) is 0 Å². The summed E-state index contributed by atoms with van der Waals surface area (Å²) in [5.74, 6) is 3.63. The SMILES string of the molecule is COc1cc(OC)cc([C@@H](NC(=O)N[C@@H](c2cc(OC)cc(OC)c2)c2nccn2C)c2nccn2C)c1. The van der Waals surface area contributed by atoms with E-state index in [1.807, 2.05) is 59.9 Å². The largest absolute Gasteiger partial charge is 0.497 e. The molecule has 11 heteroatoms. The summed E-state index contributed by atoms with van der Waals surface area (Å²) in [6.45, 7) is 0. The molecule has 0 aliphatic heterocycles. The van der Waals surface area contributed by atoms with Crippen LogP contribution in [0, 0.1) is 0 Å². The molecule has 2 heterocycles. The Balaban J connectivity index is 1.71. The van der Waals surface area contributed by atoms with Crippen LogP contribution < -0.4 is 29.6 Å². The number of carbonyl (C=O) groups excluding carboxylic acids is 1. The lowest BCUT2D eigenvalue weighted by atomic mass is 10.0. The van der Waals surface area contributed by atoms with Crippen molar-refractivity contribution < 1.29 is 23.7 Å². The van der Waals surface area contributed by atoms with Crippen molar-refractivity contribution in [2.24, 2.45) is 14.1 Å². The van der Waals surface area contributed by atoms with Gasteiger partial charge in [-0.25, -0.2) is 14.8 Å². The lowest BCUT2D eigenvalue weighted by molar-refractivity contribution is 0.235. The highest BCUT2D eigenvalue weighted by atomic mass is 16.5. The first-order chi connectivity index (χ1) is 18.4. The minimum absolute atomic E-state index is 0.436. The Bertz CT molecular complexity index is 1250. The molecule has 0 fully saturated rings. The average Bonchev–Trinajstić information content (AvgIpc) is 3.57. The molecule has 2 amide bonds. The van der Waals surface area contributed by atoms with Gasteiger partial charge in [-0.2, -0.15) is 0 Å². The predicted molar refractivity (Wildman–Crippen MR) is 141 cm³/mol. The molecule has 0 saturated carbocycles. The van der Waals surface area contributed by atoms with E-state index in [4.69, 9.17) is 18.9 Å². The number of urea groups is 1. The molecule has 0 radical (unpaired) electrons. The Morgan fingerprint density at radius 2 is 1.00 bits per heavy atom. The summed E-state index contributed by atoms with van der Waals surface area (Å²) in [6.07, 6.45) is 6.99.